The Bertz CT molecular complexity index is 949. The van der Waals surface area contributed by atoms with Crippen molar-refractivity contribution in [3.63, 3.8) is 0 Å². The van der Waals surface area contributed by atoms with E-state index in [9.17, 15) is 0 Å². The van der Waals surface area contributed by atoms with Crippen LogP contribution in [0.3, 0.4) is 0 Å². The summed E-state index contributed by atoms with van der Waals surface area (Å²) in [7, 11) is 1.83. The molecule has 0 radical (unpaired) electrons. The van der Waals surface area contributed by atoms with Crippen LogP contribution < -0.4 is 10.6 Å². The van der Waals surface area contributed by atoms with Crippen LogP contribution in [0.4, 0.5) is 0 Å². The topological polar surface area (TPSA) is 57.5 Å². The van der Waals surface area contributed by atoms with Crippen molar-refractivity contribution in [3.8, 4) is 0 Å². The number of nitrogens with one attached hydrogen (secondary N) is 2. The minimum atomic E-state index is 0. The molecular formula is C25H33IN6. The van der Waals surface area contributed by atoms with E-state index in [1.54, 1.807) is 0 Å². The first kappa shape index (κ1) is 24.3. The summed E-state index contributed by atoms with van der Waals surface area (Å²) in [5.74, 6) is 1.85. The fourth-order valence-corrected chi connectivity index (χ4v) is 4.06. The van der Waals surface area contributed by atoms with Crippen LogP contribution in [0.1, 0.15) is 29.8 Å². The van der Waals surface area contributed by atoms with Crippen LogP contribution in [0, 0.1) is 0 Å². The molecule has 0 saturated carbocycles. The lowest BCUT2D eigenvalue weighted by Gasteiger charge is -2.33. The molecule has 1 aromatic heterocycles. The number of guanidine groups is 1. The van der Waals surface area contributed by atoms with Crippen molar-refractivity contribution >= 4 is 29.9 Å². The molecule has 0 atom stereocenters. The summed E-state index contributed by atoms with van der Waals surface area (Å²) in [5.41, 5.74) is 2.66. The first-order valence-electron chi connectivity index (χ1n) is 11.1. The molecule has 3 aromatic rings. The number of hydrogen-bond acceptors (Lipinski definition) is 3. The highest BCUT2D eigenvalue weighted by Gasteiger charge is 2.20. The lowest BCUT2D eigenvalue weighted by atomic mass is 10.0. The molecule has 2 N–H and O–H groups in total. The number of piperidine rings is 1. The first-order chi connectivity index (χ1) is 15.3. The highest BCUT2D eigenvalue weighted by atomic mass is 127. The molecule has 32 heavy (non-hydrogen) atoms. The van der Waals surface area contributed by atoms with E-state index in [1.807, 2.05) is 25.5 Å². The standard InChI is InChI=1S/C25H32N6.HI/c1-26-25(28-18-24-27-14-17-31(24)20-22-10-6-3-7-11-22)29-23-12-15-30(16-13-23)19-21-8-4-2-5-9-21;/h2-11,14,17,23H,12-13,15-16,18-20H2,1H3,(H2,26,28,29);1H. The van der Waals surface area contributed by atoms with Crippen molar-refractivity contribution in [1.29, 1.82) is 0 Å². The third-order valence-corrected chi connectivity index (χ3v) is 5.81. The summed E-state index contributed by atoms with van der Waals surface area (Å²) >= 11 is 0. The van der Waals surface area contributed by atoms with E-state index < -0.39 is 0 Å². The van der Waals surface area contributed by atoms with Gasteiger partial charge in [-0.2, -0.15) is 0 Å². The van der Waals surface area contributed by atoms with Crippen molar-refractivity contribution in [2.75, 3.05) is 20.1 Å². The minimum Gasteiger partial charge on any atom is -0.354 e. The number of aliphatic imine (C=N–C) groups is 1. The van der Waals surface area contributed by atoms with E-state index in [0.717, 1.165) is 50.8 Å². The Morgan fingerprint density at radius 1 is 0.969 bits per heavy atom. The Morgan fingerprint density at radius 3 is 2.22 bits per heavy atom. The molecule has 1 saturated heterocycles. The highest BCUT2D eigenvalue weighted by molar-refractivity contribution is 14.0. The maximum atomic E-state index is 4.53. The van der Waals surface area contributed by atoms with Gasteiger partial charge >= 0.3 is 0 Å². The van der Waals surface area contributed by atoms with Crippen LogP contribution in [-0.2, 0) is 19.6 Å². The third kappa shape index (κ3) is 7.06. The van der Waals surface area contributed by atoms with E-state index in [2.05, 4.69) is 84.7 Å². The Balaban J connectivity index is 0.00000289. The second-order valence-electron chi connectivity index (χ2n) is 8.06. The molecule has 0 bridgehead atoms. The molecule has 0 spiro atoms. The van der Waals surface area contributed by atoms with Crippen molar-refractivity contribution in [3.05, 3.63) is 90.0 Å². The Labute approximate surface area is 208 Å². The predicted molar refractivity (Wildman–Crippen MR) is 141 cm³/mol. The smallest absolute Gasteiger partial charge is 0.191 e. The number of halogens is 1. The number of aromatic nitrogens is 2. The zero-order valence-electron chi connectivity index (χ0n) is 18.7. The number of imidazole rings is 1. The molecule has 0 amide bonds. The van der Waals surface area contributed by atoms with Gasteiger partial charge in [-0.3, -0.25) is 9.89 Å². The molecule has 2 aromatic carbocycles. The van der Waals surface area contributed by atoms with Crippen molar-refractivity contribution in [2.45, 2.75) is 38.5 Å². The van der Waals surface area contributed by atoms with Gasteiger partial charge in [-0.15, -0.1) is 24.0 Å². The van der Waals surface area contributed by atoms with E-state index in [4.69, 9.17) is 0 Å². The van der Waals surface area contributed by atoms with Gasteiger partial charge in [0.1, 0.15) is 5.82 Å². The second kappa shape index (κ2) is 12.6. The lowest BCUT2D eigenvalue weighted by Crippen LogP contribution is -2.48. The van der Waals surface area contributed by atoms with E-state index >= 15 is 0 Å². The average Bonchev–Trinajstić information content (AvgIpc) is 3.26. The van der Waals surface area contributed by atoms with Gasteiger partial charge in [0.05, 0.1) is 6.54 Å². The number of benzene rings is 2. The molecule has 1 aliphatic rings. The van der Waals surface area contributed by atoms with E-state index in [-0.39, 0.29) is 24.0 Å². The van der Waals surface area contributed by atoms with Crippen LogP contribution in [0.5, 0.6) is 0 Å². The Hall–Kier alpha value is -2.39. The Kier molecular flexibility index (Phi) is 9.55. The van der Waals surface area contributed by atoms with Crippen molar-refractivity contribution in [1.82, 2.24) is 25.1 Å². The van der Waals surface area contributed by atoms with Crippen molar-refractivity contribution < 1.29 is 0 Å². The van der Waals surface area contributed by atoms with Crippen molar-refractivity contribution in [2.24, 2.45) is 4.99 Å². The van der Waals surface area contributed by atoms with Crippen LogP contribution >= 0.6 is 24.0 Å². The predicted octanol–water partition coefficient (Wildman–Crippen LogP) is 3.88. The van der Waals surface area contributed by atoms with Crippen LogP contribution in [-0.4, -0.2) is 46.6 Å². The molecule has 0 aliphatic carbocycles. The quantitative estimate of drug-likeness (QED) is 0.270. The van der Waals surface area contributed by atoms with Gasteiger partial charge in [0.25, 0.3) is 0 Å². The maximum Gasteiger partial charge on any atom is 0.191 e. The SMILES string of the molecule is CN=C(NCc1nccn1Cc1ccccc1)NC1CCN(Cc2ccccc2)CC1.I. The summed E-state index contributed by atoms with van der Waals surface area (Å²) < 4.78 is 2.18. The summed E-state index contributed by atoms with van der Waals surface area (Å²) in [5, 5.41) is 7.04. The molecule has 6 nitrogen and oxygen atoms in total. The number of hydrogen-bond donors (Lipinski definition) is 2. The molecule has 7 heteroatoms. The van der Waals surface area contributed by atoms with Crippen LogP contribution in [0.2, 0.25) is 0 Å². The molecule has 170 valence electrons. The van der Waals surface area contributed by atoms with Gasteiger partial charge < -0.3 is 15.2 Å². The van der Waals surface area contributed by atoms with E-state index in [0.29, 0.717) is 12.6 Å². The summed E-state index contributed by atoms with van der Waals surface area (Å²) in [6.07, 6.45) is 6.13. The van der Waals surface area contributed by atoms with Gasteiger partial charge in [0, 0.05) is 51.7 Å². The van der Waals surface area contributed by atoms with Gasteiger partial charge in [-0.25, -0.2) is 4.98 Å². The maximum absolute atomic E-state index is 4.53. The molecule has 2 heterocycles. The molecule has 1 fully saturated rings. The largest absolute Gasteiger partial charge is 0.354 e. The molecule has 1 aliphatic heterocycles. The fourth-order valence-electron chi connectivity index (χ4n) is 4.06. The number of nitrogens with zero attached hydrogens (tertiary/aromatic N) is 4. The fraction of sp³-hybridized carbons (Fsp3) is 0.360. The van der Waals surface area contributed by atoms with Gasteiger partial charge in [0.2, 0.25) is 0 Å². The van der Waals surface area contributed by atoms with Crippen LogP contribution in [0.15, 0.2) is 78.0 Å². The number of rotatable bonds is 7. The molecular weight excluding hydrogens is 511 g/mol. The molecule has 0 unspecified atom stereocenters. The monoisotopic (exact) mass is 544 g/mol. The summed E-state index contributed by atoms with van der Waals surface area (Å²) in [6.45, 7) is 4.71. The second-order valence-corrected chi connectivity index (χ2v) is 8.06. The average molecular weight is 544 g/mol. The van der Waals surface area contributed by atoms with Gasteiger partial charge in [-0.05, 0) is 24.0 Å². The zero-order valence-corrected chi connectivity index (χ0v) is 21.0. The Morgan fingerprint density at radius 2 is 1.59 bits per heavy atom. The third-order valence-electron chi connectivity index (χ3n) is 5.81. The molecule has 4 rings (SSSR count). The summed E-state index contributed by atoms with van der Waals surface area (Å²) in [4.78, 5) is 11.5. The van der Waals surface area contributed by atoms with E-state index in [1.165, 1.54) is 11.1 Å². The summed E-state index contributed by atoms with van der Waals surface area (Å²) in [6, 6.07) is 21.6. The number of likely N-dealkylation sites (tertiary alicyclic amines) is 1. The first-order valence-corrected chi connectivity index (χ1v) is 11.1. The lowest BCUT2D eigenvalue weighted by molar-refractivity contribution is 0.198. The normalized spacial score (nSPS) is 15.2. The zero-order chi connectivity index (χ0) is 21.3. The van der Waals surface area contributed by atoms with Gasteiger partial charge in [-0.1, -0.05) is 60.7 Å². The highest BCUT2D eigenvalue weighted by Crippen LogP contribution is 2.14. The van der Waals surface area contributed by atoms with Gasteiger partial charge in [0.15, 0.2) is 5.96 Å². The van der Waals surface area contributed by atoms with Crippen LogP contribution in [0.25, 0.3) is 0 Å². The minimum absolute atomic E-state index is 0.